The fourth-order valence-corrected chi connectivity index (χ4v) is 1.49. The summed E-state index contributed by atoms with van der Waals surface area (Å²) in [7, 11) is 0. The van der Waals surface area contributed by atoms with Gasteiger partial charge in [-0.25, -0.2) is 4.79 Å². The van der Waals surface area contributed by atoms with E-state index in [2.05, 4.69) is 4.98 Å². The Morgan fingerprint density at radius 3 is 2.81 bits per heavy atom. The third-order valence-corrected chi connectivity index (χ3v) is 2.22. The summed E-state index contributed by atoms with van der Waals surface area (Å²) in [4.78, 5) is 15.7. The summed E-state index contributed by atoms with van der Waals surface area (Å²) in [6.45, 7) is 3.67. The molecule has 0 unspecified atom stereocenters. The molecule has 0 radical (unpaired) electrons. The summed E-state index contributed by atoms with van der Waals surface area (Å²) in [5, 5.41) is 2.01. The number of carbonyl (C=O) groups is 1. The van der Waals surface area contributed by atoms with Gasteiger partial charge < -0.3 is 4.74 Å². The zero-order valence-electron chi connectivity index (χ0n) is 9.31. The third kappa shape index (κ3) is 2.19. The van der Waals surface area contributed by atoms with Crippen LogP contribution in [0.3, 0.4) is 0 Å². The van der Waals surface area contributed by atoms with E-state index in [1.54, 1.807) is 24.5 Å². The number of nitrogens with zero attached hydrogens (tertiary/aromatic N) is 1. The number of fused-ring (bicyclic) bond motifs is 1. The van der Waals surface area contributed by atoms with Gasteiger partial charge in [0.15, 0.2) is 0 Å². The van der Waals surface area contributed by atoms with Gasteiger partial charge >= 0.3 is 5.97 Å². The SMILES string of the molecule is CC(C)OC(=O)c1ccc2ccncc2c1. The minimum atomic E-state index is -0.291. The topological polar surface area (TPSA) is 39.2 Å². The van der Waals surface area contributed by atoms with E-state index in [1.807, 2.05) is 26.0 Å². The van der Waals surface area contributed by atoms with Crippen LogP contribution < -0.4 is 0 Å². The predicted octanol–water partition coefficient (Wildman–Crippen LogP) is 2.80. The Bertz CT molecular complexity index is 520. The fourth-order valence-electron chi connectivity index (χ4n) is 1.49. The molecule has 0 saturated carbocycles. The smallest absolute Gasteiger partial charge is 0.338 e. The van der Waals surface area contributed by atoms with Crippen LogP contribution in [0.25, 0.3) is 10.8 Å². The van der Waals surface area contributed by atoms with Crippen molar-refractivity contribution in [2.75, 3.05) is 0 Å². The van der Waals surface area contributed by atoms with Crippen LogP contribution in [-0.2, 0) is 4.74 Å². The second-order valence-electron chi connectivity index (χ2n) is 3.89. The summed E-state index contributed by atoms with van der Waals surface area (Å²) in [5.41, 5.74) is 0.564. The molecule has 0 saturated heterocycles. The molecule has 0 amide bonds. The molecular formula is C13H13NO2. The van der Waals surface area contributed by atoms with Gasteiger partial charge in [0.2, 0.25) is 0 Å². The maximum Gasteiger partial charge on any atom is 0.338 e. The Labute approximate surface area is 94.1 Å². The van der Waals surface area contributed by atoms with Crippen LogP contribution in [-0.4, -0.2) is 17.1 Å². The number of carbonyl (C=O) groups excluding carboxylic acids is 1. The lowest BCUT2D eigenvalue weighted by Crippen LogP contribution is -2.11. The molecule has 16 heavy (non-hydrogen) atoms. The Hall–Kier alpha value is -1.90. The van der Waals surface area contributed by atoms with Gasteiger partial charge in [0.25, 0.3) is 0 Å². The average Bonchev–Trinajstić information content (AvgIpc) is 2.27. The van der Waals surface area contributed by atoms with Crippen molar-refractivity contribution in [2.24, 2.45) is 0 Å². The maximum absolute atomic E-state index is 11.7. The molecule has 0 spiro atoms. The third-order valence-electron chi connectivity index (χ3n) is 2.22. The molecule has 2 rings (SSSR count). The van der Waals surface area contributed by atoms with E-state index in [4.69, 9.17) is 4.74 Å². The second kappa shape index (κ2) is 4.31. The number of hydrogen-bond donors (Lipinski definition) is 0. The monoisotopic (exact) mass is 215 g/mol. The van der Waals surface area contributed by atoms with Gasteiger partial charge in [-0.3, -0.25) is 4.98 Å². The molecule has 1 aromatic heterocycles. The Morgan fingerprint density at radius 1 is 1.25 bits per heavy atom. The molecule has 0 fully saturated rings. The molecule has 82 valence electrons. The van der Waals surface area contributed by atoms with Gasteiger partial charge in [0.05, 0.1) is 11.7 Å². The summed E-state index contributed by atoms with van der Waals surface area (Å²) in [5.74, 6) is -0.291. The van der Waals surface area contributed by atoms with Crippen LogP contribution in [0, 0.1) is 0 Å². The van der Waals surface area contributed by atoms with E-state index in [-0.39, 0.29) is 12.1 Å². The van der Waals surface area contributed by atoms with Gasteiger partial charge in [-0.1, -0.05) is 6.07 Å². The van der Waals surface area contributed by atoms with Gasteiger partial charge in [0, 0.05) is 17.8 Å². The lowest BCUT2D eigenvalue weighted by molar-refractivity contribution is 0.0378. The summed E-state index contributed by atoms with van der Waals surface area (Å²) < 4.78 is 5.13. The number of rotatable bonds is 2. The zero-order valence-corrected chi connectivity index (χ0v) is 9.31. The number of ether oxygens (including phenoxy) is 1. The van der Waals surface area contributed by atoms with Crippen molar-refractivity contribution in [2.45, 2.75) is 20.0 Å². The molecule has 0 aliphatic carbocycles. The van der Waals surface area contributed by atoms with Crippen LogP contribution >= 0.6 is 0 Å². The van der Waals surface area contributed by atoms with Crippen LogP contribution in [0.15, 0.2) is 36.7 Å². The summed E-state index contributed by atoms with van der Waals surface area (Å²) >= 11 is 0. The van der Waals surface area contributed by atoms with Crippen molar-refractivity contribution in [3.63, 3.8) is 0 Å². The van der Waals surface area contributed by atoms with Crippen LogP contribution in [0.5, 0.6) is 0 Å². The first-order valence-electron chi connectivity index (χ1n) is 5.21. The zero-order chi connectivity index (χ0) is 11.5. The minimum absolute atomic E-state index is 0.0999. The number of esters is 1. The Kier molecular flexibility index (Phi) is 2.86. The minimum Gasteiger partial charge on any atom is -0.459 e. The molecule has 3 heteroatoms. The van der Waals surface area contributed by atoms with E-state index in [9.17, 15) is 4.79 Å². The average molecular weight is 215 g/mol. The van der Waals surface area contributed by atoms with Crippen LogP contribution in [0.1, 0.15) is 24.2 Å². The quantitative estimate of drug-likeness (QED) is 0.723. The number of benzene rings is 1. The second-order valence-corrected chi connectivity index (χ2v) is 3.89. The first-order chi connectivity index (χ1) is 7.66. The normalized spacial score (nSPS) is 10.7. The molecule has 0 aliphatic rings. The number of aromatic nitrogens is 1. The molecule has 0 bridgehead atoms. The summed E-state index contributed by atoms with van der Waals surface area (Å²) in [6.07, 6.45) is 3.37. The largest absolute Gasteiger partial charge is 0.459 e. The number of pyridine rings is 1. The Morgan fingerprint density at radius 2 is 2.06 bits per heavy atom. The van der Waals surface area contributed by atoms with Crippen LogP contribution in [0.2, 0.25) is 0 Å². The van der Waals surface area contributed by atoms with Crippen molar-refractivity contribution in [1.82, 2.24) is 4.98 Å². The van der Waals surface area contributed by atoms with Gasteiger partial charge in [-0.15, -0.1) is 0 Å². The van der Waals surface area contributed by atoms with E-state index in [0.717, 1.165) is 10.8 Å². The van der Waals surface area contributed by atoms with Gasteiger partial charge in [0.1, 0.15) is 0 Å². The highest BCUT2D eigenvalue weighted by molar-refractivity contribution is 5.95. The molecule has 1 aromatic carbocycles. The molecule has 1 heterocycles. The summed E-state index contributed by atoms with van der Waals surface area (Å²) in [6, 6.07) is 7.38. The maximum atomic E-state index is 11.7. The van der Waals surface area contributed by atoms with E-state index in [1.165, 1.54) is 0 Å². The fraction of sp³-hybridized carbons (Fsp3) is 0.231. The molecule has 3 nitrogen and oxygen atoms in total. The van der Waals surface area contributed by atoms with Crippen molar-refractivity contribution < 1.29 is 9.53 Å². The first-order valence-corrected chi connectivity index (χ1v) is 5.21. The molecule has 2 aromatic rings. The standard InChI is InChI=1S/C13H13NO2/c1-9(2)16-13(15)11-4-3-10-5-6-14-8-12(10)7-11/h3-9H,1-2H3. The first kappa shape index (κ1) is 10.6. The van der Waals surface area contributed by atoms with E-state index >= 15 is 0 Å². The lowest BCUT2D eigenvalue weighted by Gasteiger charge is -2.08. The molecule has 0 N–H and O–H groups in total. The van der Waals surface area contributed by atoms with E-state index < -0.39 is 0 Å². The molecular weight excluding hydrogens is 202 g/mol. The van der Waals surface area contributed by atoms with Crippen molar-refractivity contribution in [1.29, 1.82) is 0 Å². The van der Waals surface area contributed by atoms with Crippen molar-refractivity contribution in [3.05, 3.63) is 42.2 Å². The highest BCUT2D eigenvalue weighted by Gasteiger charge is 2.09. The molecule has 0 aliphatic heterocycles. The Balaban J connectivity index is 2.35. The highest BCUT2D eigenvalue weighted by atomic mass is 16.5. The highest BCUT2D eigenvalue weighted by Crippen LogP contribution is 2.15. The van der Waals surface area contributed by atoms with Crippen LogP contribution in [0.4, 0.5) is 0 Å². The molecule has 0 atom stereocenters. The number of hydrogen-bond acceptors (Lipinski definition) is 3. The lowest BCUT2D eigenvalue weighted by atomic mass is 10.1. The van der Waals surface area contributed by atoms with Gasteiger partial charge in [-0.2, -0.15) is 0 Å². The van der Waals surface area contributed by atoms with E-state index in [0.29, 0.717) is 5.56 Å². The van der Waals surface area contributed by atoms with Crippen molar-refractivity contribution >= 4 is 16.7 Å². The predicted molar refractivity (Wildman–Crippen MR) is 62.3 cm³/mol. The van der Waals surface area contributed by atoms with Gasteiger partial charge in [-0.05, 0) is 37.4 Å². The van der Waals surface area contributed by atoms with Crippen molar-refractivity contribution in [3.8, 4) is 0 Å².